The number of carboxylic acids is 1. The van der Waals surface area contributed by atoms with Crippen LogP contribution in [0.15, 0.2) is 76.7 Å². The van der Waals surface area contributed by atoms with Gasteiger partial charge < -0.3 is 20.6 Å². The minimum atomic E-state index is -0.843. The molecule has 0 bridgehead atoms. The van der Waals surface area contributed by atoms with Gasteiger partial charge in [-0.1, -0.05) is 24.3 Å². The maximum absolute atomic E-state index is 11.0. The number of allylic oxidation sites excluding steroid dienone is 1. The average molecular weight is 480 g/mol. The topological polar surface area (TPSA) is 115 Å². The molecule has 3 aromatic rings. The Morgan fingerprint density at radius 2 is 1.92 bits per heavy atom. The van der Waals surface area contributed by atoms with Crippen molar-refractivity contribution < 1.29 is 9.90 Å². The second-order valence-electron chi connectivity index (χ2n) is 8.99. The molecule has 1 unspecified atom stereocenters. The minimum Gasteiger partial charge on any atom is -0.481 e. The summed E-state index contributed by atoms with van der Waals surface area (Å²) in [6, 6.07) is 13.8. The normalized spacial score (nSPS) is 18.2. The molecule has 36 heavy (non-hydrogen) atoms. The number of aliphatic imine (C=N–C) groups is 1. The van der Waals surface area contributed by atoms with Crippen molar-refractivity contribution in [1.29, 1.82) is 0 Å². The molecular weight excluding hydrogens is 454 g/mol. The minimum absolute atomic E-state index is 0.00211. The highest BCUT2D eigenvalue weighted by Crippen LogP contribution is 2.33. The van der Waals surface area contributed by atoms with E-state index in [0.717, 1.165) is 71.0 Å². The van der Waals surface area contributed by atoms with Crippen molar-refractivity contribution in [2.24, 2.45) is 9.98 Å². The van der Waals surface area contributed by atoms with E-state index in [0.29, 0.717) is 5.49 Å². The largest absolute Gasteiger partial charge is 0.481 e. The number of pyridine rings is 2. The summed E-state index contributed by atoms with van der Waals surface area (Å²) in [4.78, 5) is 31.7. The van der Waals surface area contributed by atoms with Gasteiger partial charge in [-0.2, -0.15) is 0 Å². The Labute approximate surface area is 207 Å². The van der Waals surface area contributed by atoms with Crippen LogP contribution in [0.25, 0.3) is 5.57 Å². The quantitative estimate of drug-likeness (QED) is 0.493. The van der Waals surface area contributed by atoms with Crippen LogP contribution in [0.3, 0.4) is 0 Å². The number of piperazine rings is 1. The SMILES string of the molecule is O=C(O)Cc1ccc(C2C=NC=C3N=c4ncc(Nc5ccc(N6CCNCC6)cn5)cc4=C32)cc1. The fourth-order valence-corrected chi connectivity index (χ4v) is 4.81. The summed E-state index contributed by atoms with van der Waals surface area (Å²) < 4.78 is 0. The van der Waals surface area contributed by atoms with Gasteiger partial charge in [0, 0.05) is 49.1 Å². The van der Waals surface area contributed by atoms with E-state index in [1.807, 2.05) is 42.7 Å². The van der Waals surface area contributed by atoms with Gasteiger partial charge in [-0.3, -0.25) is 9.79 Å². The Balaban J connectivity index is 1.28. The van der Waals surface area contributed by atoms with E-state index < -0.39 is 5.97 Å². The molecule has 0 amide bonds. The third kappa shape index (κ3) is 4.36. The van der Waals surface area contributed by atoms with E-state index in [1.165, 1.54) is 0 Å². The zero-order chi connectivity index (χ0) is 24.5. The van der Waals surface area contributed by atoms with Crippen molar-refractivity contribution in [2.75, 3.05) is 36.4 Å². The first-order valence-corrected chi connectivity index (χ1v) is 12.0. The summed E-state index contributed by atoms with van der Waals surface area (Å²) in [5.41, 5.74) is 6.26. The van der Waals surface area contributed by atoms with E-state index in [1.54, 1.807) is 12.4 Å². The number of aliphatic carboxylic acids is 1. The first kappa shape index (κ1) is 22.1. The molecule has 0 aliphatic carbocycles. The van der Waals surface area contributed by atoms with Crippen LogP contribution >= 0.6 is 0 Å². The lowest BCUT2D eigenvalue weighted by Crippen LogP contribution is -2.43. The van der Waals surface area contributed by atoms with E-state index >= 15 is 0 Å². The number of aromatic nitrogens is 2. The maximum atomic E-state index is 11.0. The summed E-state index contributed by atoms with van der Waals surface area (Å²) in [6.45, 7) is 3.93. The van der Waals surface area contributed by atoms with Crippen LogP contribution in [0.1, 0.15) is 17.0 Å². The van der Waals surface area contributed by atoms with Crippen molar-refractivity contribution in [3.63, 3.8) is 0 Å². The molecule has 1 atom stereocenters. The van der Waals surface area contributed by atoms with E-state index in [2.05, 4.69) is 47.6 Å². The van der Waals surface area contributed by atoms with Crippen molar-refractivity contribution in [3.05, 3.63) is 88.6 Å². The number of nitrogens with one attached hydrogen (secondary N) is 2. The smallest absolute Gasteiger partial charge is 0.307 e. The number of rotatable bonds is 6. The fraction of sp³-hybridized carbons (Fsp3) is 0.222. The van der Waals surface area contributed by atoms with Crippen molar-refractivity contribution in [3.8, 4) is 0 Å². The highest BCUT2D eigenvalue weighted by Gasteiger charge is 2.26. The van der Waals surface area contributed by atoms with Gasteiger partial charge in [-0.25, -0.2) is 15.0 Å². The van der Waals surface area contributed by atoms with Gasteiger partial charge in [0.05, 0.1) is 42.1 Å². The third-order valence-electron chi connectivity index (χ3n) is 6.60. The van der Waals surface area contributed by atoms with Gasteiger partial charge in [-0.15, -0.1) is 0 Å². The fourth-order valence-electron chi connectivity index (χ4n) is 4.81. The number of carbonyl (C=O) groups is 1. The molecule has 1 aromatic carbocycles. The van der Waals surface area contributed by atoms with Gasteiger partial charge in [0.1, 0.15) is 5.82 Å². The Bertz CT molecular complexity index is 1490. The Kier molecular flexibility index (Phi) is 5.74. The lowest BCUT2D eigenvalue weighted by molar-refractivity contribution is -0.136. The Hall–Kier alpha value is -4.37. The molecule has 9 nitrogen and oxygen atoms in total. The molecule has 0 radical (unpaired) electrons. The summed E-state index contributed by atoms with van der Waals surface area (Å²) in [7, 11) is 0. The van der Waals surface area contributed by atoms with Crippen LogP contribution in [0.4, 0.5) is 17.2 Å². The van der Waals surface area contributed by atoms with Crippen molar-refractivity contribution in [1.82, 2.24) is 15.3 Å². The summed E-state index contributed by atoms with van der Waals surface area (Å²) >= 11 is 0. The van der Waals surface area contributed by atoms with Crippen LogP contribution in [-0.2, 0) is 11.2 Å². The monoisotopic (exact) mass is 479 g/mol. The van der Waals surface area contributed by atoms with Crippen LogP contribution in [0.5, 0.6) is 0 Å². The molecule has 0 spiro atoms. The summed E-state index contributed by atoms with van der Waals surface area (Å²) in [5.74, 6) is -0.186. The predicted octanol–water partition coefficient (Wildman–Crippen LogP) is 1.75. The van der Waals surface area contributed by atoms with Crippen molar-refractivity contribution >= 4 is 34.9 Å². The Morgan fingerprint density at radius 3 is 2.67 bits per heavy atom. The van der Waals surface area contributed by atoms with Gasteiger partial charge in [0.25, 0.3) is 0 Å². The van der Waals surface area contributed by atoms with Crippen LogP contribution < -0.4 is 26.2 Å². The van der Waals surface area contributed by atoms with Gasteiger partial charge in [-0.05, 0) is 29.3 Å². The van der Waals surface area contributed by atoms with Crippen LogP contribution in [0, 0.1) is 0 Å². The number of hydrogen-bond donors (Lipinski definition) is 3. The van der Waals surface area contributed by atoms with Gasteiger partial charge >= 0.3 is 5.97 Å². The number of nitrogens with zero attached hydrogens (tertiary/aromatic N) is 5. The first-order valence-electron chi connectivity index (χ1n) is 12.0. The lowest BCUT2D eigenvalue weighted by atomic mass is 9.88. The first-order chi connectivity index (χ1) is 17.6. The molecular formula is C27H25N7O2. The van der Waals surface area contributed by atoms with Crippen LogP contribution in [0.2, 0.25) is 0 Å². The molecule has 180 valence electrons. The van der Waals surface area contributed by atoms with E-state index in [-0.39, 0.29) is 12.3 Å². The predicted molar refractivity (Wildman–Crippen MR) is 138 cm³/mol. The molecule has 1 saturated heterocycles. The Morgan fingerprint density at radius 1 is 1.08 bits per heavy atom. The molecule has 3 aliphatic rings. The number of anilines is 3. The second kappa shape index (κ2) is 9.35. The number of benzene rings is 1. The second-order valence-corrected chi connectivity index (χ2v) is 8.99. The maximum Gasteiger partial charge on any atom is 0.307 e. The van der Waals surface area contributed by atoms with E-state index in [9.17, 15) is 4.79 Å². The number of hydrogen-bond acceptors (Lipinski definition) is 8. The molecule has 6 rings (SSSR count). The molecule has 5 heterocycles. The zero-order valence-corrected chi connectivity index (χ0v) is 19.6. The number of carboxylic acid groups (broad SMARTS) is 1. The molecule has 2 aromatic heterocycles. The van der Waals surface area contributed by atoms with Crippen LogP contribution in [-0.4, -0.2) is 53.4 Å². The summed E-state index contributed by atoms with van der Waals surface area (Å²) in [5, 5.41) is 16.7. The number of fused-ring (bicyclic) bond motifs is 2. The standard InChI is InChI=1S/C27H25N7O2/c35-25(36)11-17-1-3-18(4-2-17)22-15-29-16-23-26(22)21-12-19(13-31-27(21)33-23)32-24-6-5-20(14-30-24)34-9-7-28-8-10-34/h1-6,12-16,22,28H,7-11H2,(H,30,32)(H,35,36). The molecule has 3 N–H and O–H groups in total. The van der Waals surface area contributed by atoms with Gasteiger partial charge in [0.2, 0.25) is 0 Å². The molecule has 1 fully saturated rings. The lowest BCUT2D eigenvalue weighted by Gasteiger charge is -2.29. The van der Waals surface area contributed by atoms with E-state index in [4.69, 9.17) is 5.11 Å². The molecule has 0 saturated carbocycles. The molecule has 3 aliphatic heterocycles. The third-order valence-corrected chi connectivity index (χ3v) is 6.60. The van der Waals surface area contributed by atoms with Crippen molar-refractivity contribution in [2.45, 2.75) is 12.3 Å². The van der Waals surface area contributed by atoms with Gasteiger partial charge in [0.15, 0.2) is 5.49 Å². The highest BCUT2D eigenvalue weighted by atomic mass is 16.4. The molecule has 9 heteroatoms. The average Bonchev–Trinajstić information content (AvgIpc) is 3.28. The zero-order valence-electron chi connectivity index (χ0n) is 19.6. The summed E-state index contributed by atoms with van der Waals surface area (Å²) in [6.07, 6.45) is 7.33. The highest BCUT2D eigenvalue weighted by molar-refractivity contribution is 5.91.